The third-order valence-corrected chi connectivity index (χ3v) is 7.41. The summed E-state index contributed by atoms with van der Waals surface area (Å²) in [5, 5.41) is 8.98. The van der Waals surface area contributed by atoms with Crippen molar-refractivity contribution in [1.29, 1.82) is 0 Å². The van der Waals surface area contributed by atoms with Crippen molar-refractivity contribution in [2.24, 2.45) is 35.5 Å². The topological polar surface area (TPSA) is 29.5 Å². The van der Waals surface area contributed by atoms with Crippen molar-refractivity contribution in [3.8, 4) is 0 Å². The fourth-order valence-electron chi connectivity index (χ4n) is 6.69. The van der Waals surface area contributed by atoms with E-state index in [1.54, 1.807) is 6.42 Å². The van der Waals surface area contributed by atoms with E-state index in [2.05, 4.69) is 0 Å². The van der Waals surface area contributed by atoms with Crippen LogP contribution in [0.2, 0.25) is 0 Å². The normalized spacial score (nSPS) is 51.1. The Morgan fingerprint density at radius 3 is 2.20 bits per heavy atom. The molecule has 0 aromatic carbocycles. The molecule has 0 heterocycles. The van der Waals surface area contributed by atoms with Crippen LogP contribution in [0.4, 0.5) is 0 Å². The minimum atomic E-state index is -0.0855. The van der Waals surface area contributed by atoms with Crippen LogP contribution >= 0.6 is 0 Å². The molecule has 2 nitrogen and oxygen atoms in total. The molecule has 0 saturated heterocycles. The van der Waals surface area contributed by atoms with Crippen LogP contribution in [0.15, 0.2) is 0 Å². The second-order valence-electron chi connectivity index (χ2n) is 7.99. The number of aliphatic hydroxyl groups is 1. The van der Waals surface area contributed by atoms with Gasteiger partial charge >= 0.3 is 0 Å². The van der Waals surface area contributed by atoms with E-state index in [9.17, 15) is 0 Å². The molecule has 0 aromatic rings. The summed E-state index contributed by atoms with van der Waals surface area (Å²) in [7, 11) is 0. The van der Waals surface area contributed by atoms with E-state index in [0.29, 0.717) is 6.10 Å². The van der Waals surface area contributed by atoms with E-state index < -0.39 is 0 Å². The van der Waals surface area contributed by atoms with Crippen molar-refractivity contribution in [3.05, 3.63) is 0 Å². The van der Waals surface area contributed by atoms with Gasteiger partial charge in [0.25, 0.3) is 0 Å². The van der Waals surface area contributed by atoms with Gasteiger partial charge in [0.1, 0.15) is 6.79 Å². The van der Waals surface area contributed by atoms with Gasteiger partial charge in [-0.15, -0.1) is 0 Å². The Morgan fingerprint density at radius 2 is 1.40 bits per heavy atom. The van der Waals surface area contributed by atoms with Crippen molar-refractivity contribution in [2.75, 3.05) is 6.79 Å². The van der Waals surface area contributed by atoms with Gasteiger partial charge in [0.2, 0.25) is 0 Å². The van der Waals surface area contributed by atoms with E-state index >= 15 is 0 Å². The summed E-state index contributed by atoms with van der Waals surface area (Å²) in [4.78, 5) is 0. The summed E-state index contributed by atoms with van der Waals surface area (Å²) in [5.74, 6) is 6.22. The predicted molar refractivity (Wildman–Crippen MR) is 79.1 cm³/mol. The van der Waals surface area contributed by atoms with Crippen LogP contribution in [0.5, 0.6) is 0 Å². The summed E-state index contributed by atoms with van der Waals surface area (Å²) >= 11 is 0. The van der Waals surface area contributed by atoms with Crippen molar-refractivity contribution in [2.45, 2.75) is 70.3 Å². The molecule has 4 fully saturated rings. The first-order chi connectivity index (χ1) is 9.86. The molecular formula is C18H30O2. The van der Waals surface area contributed by atoms with Gasteiger partial charge < -0.3 is 9.84 Å². The third-order valence-electron chi connectivity index (χ3n) is 7.41. The Kier molecular flexibility index (Phi) is 3.80. The van der Waals surface area contributed by atoms with Crippen LogP contribution in [-0.2, 0) is 4.74 Å². The van der Waals surface area contributed by atoms with Gasteiger partial charge in [0.05, 0.1) is 6.10 Å². The lowest BCUT2D eigenvalue weighted by Crippen LogP contribution is -2.45. The Labute approximate surface area is 123 Å². The number of hydrogen-bond donors (Lipinski definition) is 1. The molecule has 0 aliphatic heterocycles. The van der Waals surface area contributed by atoms with Crippen molar-refractivity contribution >= 4 is 0 Å². The molecular weight excluding hydrogens is 248 g/mol. The van der Waals surface area contributed by atoms with Gasteiger partial charge in [-0.3, -0.25) is 0 Å². The zero-order valence-corrected chi connectivity index (χ0v) is 12.7. The van der Waals surface area contributed by atoms with Crippen molar-refractivity contribution < 1.29 is 9.84 Å². The molecule has 2 heteroatoms. The maximum atomic E-state index is 8.98. The summed E-state index contributed by atoms with van der Waals surface area (Å²) < 4.78 is 5.49. The molecule has 4 aliphatic carbocycles. The summed E-state index contributed by atoms with van der Waals surface area (Å²) in [6.45, 7) is -0.0855. The van der Waals surface area contributed by atoms with Crippen LogP contribution in [-0.4, -0.2) is 18.0 Å². The average molecular weight is 278 g/mol. The van der Waals surface area contributed by atoms with Gasteiger partial charge in [0.15, 0.2) is 0 Å². The number of rotatable bonds is 2. The quantitative estimate of drug-likeness (QED) is 0.774. The molecule has 20 heavy (non-hydrogen) atoms. The molecule has 1 N–H and O–H groups in total. The number of aliphatic hydroxyl groups excluding tert-OH is 1. The number of ether oxygens (including phenoxy) is 1. The smallest absolute Gasteiger partial charge is 0.143 e. The van der Waals surface area contributed by atoms with Crippen LogP contribution in [0.25, 0.3) is 0 Å². The van der Waals surface area contributed by atoms with E-state index in [-0.39, 0.29) is 6.79 Å². The molecule has 4 rings (SSSR count). The Balaban J connectivity index is 1.45. The lowest BCUT2D eigenvalue weighted by molar-refractivity contribution is -0.102. The molecule has 0 radical (unpaired) electrons. The van der Waals surface area contributed by atoms with Crippen molar-refractivity contribution in [3.63, 3.8) is 0 Å². The van der Waals surface area contributed by atoms with E-state index in [4.69, 9.17) is 9.84 Å². The minimum absolute atomic E-state index is 0.0855. The molecule has 0 amide bonds. The van der Waals surface area contributed by atoms with Crippen LogP contribution < -0.4 is 0 Å². The summed E-state index contributed by atoms with van der Waals surface area (Å²) in [6, 6.07) is 0. The molecule has 4 aliphatic rings. The SMILES string of the molecule is OCOC1CCC2C(CCC3C4CCCC4CCC23)C1. The lowest BCUT2D eigenvalue weighted by atomic mass is 9.53. The van der Waals surface area contributed by atoms with Crippen molar-refractivity contribution in [1.82, 2.24) is 0 Å². The van der Waals surface area contributed by atoms with Gasteiger partial charge in [-0.1, -0.05) is 12.8 Å². The van der Waals surface area contributed by atoms with E-state index in [1.165, 1.54) is 57.8 Å². The number of fused-ring (bicyclic) bond motifs is 5. The maximum absolute atomic E-state index is 8.98. The molecule has 0 aromatic heterocycles. The summed E-state index contributed by atoms with van der Waals surface area (Å²) in [5.41, 5.74) is 0. The Morgan fingerprint density at radius 1 is 0.700 bits per heavy atom. The second-order valence-corrected chi connectivity index (χ2v) is 7.99. The largest absolute Gasteiger partial charge is 0.371 e. The molecule has 4 saturated carbocycles. The van der Waals surface area contributed by atoms with Crippen LogP contribution in [0.3, 0.4) is 0 Å². The molecule has 0 spiro atoms. The third kappa shape index (κ3) is 2.23. The zero-order valence-electron chi connectivity index (χ0n) is 12.7. The molecule has 114 valence electrons. The summed E-state index contributed by atoms with van der Waals surface area (Å²) in [6.07, 6.45) is 14.7. The van der Waals surface area contributed by atoms with Crippen LogP contribution in [0, 0.1) is 35.5 Å². The molecule has 7 atom stereocenters. The second kappa shape index (κ2) is 5.61. The highest BCUT2D eigenvalue weighted by molar-refractivity contribution is 4.99. The zero-order chi connectivity index (χ0) is 13.5. The maximum Gasteiger partial charge on any atom is 0.143 e. The van der Waals surface area contributed by atoms with Gasteiger partial charge in [-0.25, -0.2) is 0 Å². The molecule has 0 bridgehead atoms. The Bertz CT molecular complexity index is 342. The highest BCUT2D eigenvalue weighted by Crippen LogP contribution is 2.57. The standard InChI is InChI=1S/C18H30O2/c19-11-20-14-6-9-16-13(10-14)5-8-17-15-3-1-2-12(15)4-7-18(16)17/h12-19H,1-11H2. The number of hydrogen-bond acceptors (Lipinski definition) is 2. The van der Waals surface area contributed by atoms with E-state index in [0.717, 1.165) is 35.5 Å². The monoisotopic (exact) mass is 278 g/mol. The van der Waals surface area contributed by atoms with Gasteiger partial charge in [-0.05, 0) is 86.9 Å². The first-order valence-electron chi connectivity index (χ1n) is 9.09. The first kappa shape index (κ1) is 13.6. The highest BCUT2D eigenvalue weighted by Gasteiger charge is 2.49. The fraction of sp³-hybridized carbons (Fsp3) is 1.00. The minimum Gasteiger partial charge on any atom is -0.371 e. The Hall–Kier alpha value is -0.0800. The molecule has 7 unspecified atom stereocenters. The van der Waals surface area contributed by atoms with Gasteiger partial charge in [0, 0.05) is 0 Å². The fourth-order valence-corrected chi connectivity index (χ4v) is 6.69. The predicted octanol–water partition coefficient (Wildman–Crippen LogP) is 3.97. The lowest BCUT2D eigenvalue weighted by Gasteiger charge is -2.52. The average Bonchev–Trinajstić information content (AvgIpc) is 2.95. The first-order valence-corrected chi connectivity index (χ1v) is 9.09. The van der Waals surface area contributed by atoms with E-state index in [1.807, 2.05) is 0 Å². The highest BCUT2D eigenvalue weighted by atomic mass is 16.6. The van der Waals surface area contributed by atoms with Crippen LogP contribution in [0.1, 0.15) is 64.2 Å². The van der Waals surface area contributed by atoms with Gasteiger partial charge in [-0.2, -0.15) is 0 Å².